The summed E-state index contributed by atoms with van der Waals surface area (Å²) in [5.41, 5.74) is 5.61. The van der Waals surface area contributed by atoms with Gasteiger partial charge in [0.2, 0.25) is 0 Å². The van der Waals surface area contributed by atoms with Crippen LogP contribution < -0.4 is 5.32 Å². The van der Waals surface area contributed by atoms with Crippen molar-refractivity contribution in [3.8, 4) is 11.8 Å². The van der Waals surface area contributed by atoms with E-state index in [1.54, 1.807) is 12.3 Å². The topological polar surface area (TPSA) is 53.6 Å². The third-order valence-corrected chi connectivity index (χ3v) is 4.14. The lowest BCUT2D eigenvalue weighted by molar-refractivity contribution is 0.934. The van der Waals surface area contributed by atoms with Gasteiger partial charge < -0.3 is 9.88 Å². The molecule has 0 bridgehead atoms. The van der Waals surface area contributed by atoms with Gasteiger partial charge in [-0.2, -0.15) is 5.26 Å². The number of hydrogen-bond acceptors (Lipinski definition) is 3. The molecule has 3 rings (SSSR count). The predicted octanol–water partition coefficient (Wildman–Crippen LogP) is 4.02. The van der Waals surface area contributed by atoms with Gasteiger partial charge in [0.25, 0.3) is 0 Å². The summed E-state index contributed by atoms with van der Waals surface area (Å²) in [6.45, 7) is 5.10. The number of nitriles is 1. The first-order chi connectivity index (χ1) is 11.7. The quantitative estimate of drug-likeness (QED) is 0.773. The van der Waals surface area contributed by atoms with Crippen molar-refractivity contribution in [3.63, 3.8) is 0 Å². The van der Waals surface area contributed by atoms with Gasteiger partial charge in [0.15, 0.2) is 0 Å². The number of benzene rings is 1. The second-order valence-corrected chi connectivity index (χ2v) is 5.79. The van der Waals surface area contributed by atoms with Crippen molar-refractivity contribution in [1.82, 2.24) is 9.55 Å². The lowest BCUT2D eigenvalue weighted by Crippen LogP contribution is -2.07. The van der Waals surface area contributed by atoms with E-state index in [1.165, 1.54) is 22.6 Å². The van der Waals surface area contributed by atoms with Crippen LogP contribution in [0.5, 0.6) is 0 Å². The number of anilines is 1. The number of nitrogens with zero attached hydrogens (tertiary/aromatic N) is 3. The fourth-order valence-electron chi connectivity index (χ4n) is 2.95. The summed E-state index contributed by atoms with van der Waals surface area (Å²) in [7, 11) is 0. The number of aryl methyl sites for hydroxylation is 1. The van der Waals surface area contributed by atoms with E-state index < -0.39 is 0 Å². The number of aromatic nitrogens is 2. The van der Waals surface area contributed by atoms with Crippen molar-refractivity contribution >= 4 is 5.82 Å². The highest BCUT2D eigenvalue weighted by Gasteiger charge is 2.10. The molecule has 0 saturated heterocycles. The minimum atomic E-state index is 0.576. The Balaban J connectivity index is 1.69. The normalized spacial score (nSPS) is 10.4. The molecule has 0 saturated carbocycles. The van der Waals surface area contributed by atoms with E-state index in [1.807, 2.05) is 12.1 Å². The van der Waals surface area contributed by atoms with Gasteiger partial charge in [-0.1, -0.05) is 18.2 Å². The standard InChI is InChI=1S/C20H20N4/c1-15-12-18(16(2)24(15)19-6-4-3-5-7-19)10-11-22-20-9-8-17(13-21)14-23-20/h3-9,12,14H,10-11H2,1-2H3,(H,22,23). The summed E-state index contributed by atoms with van der Waals surface area (Å²) < 4.78 is 2.29. The van der Waals surface area contributed by atoms with Gasteiger partial charge in [-0.25, -0.2) is 4.98 Å². The SMILES string of the molecule is Cc1cc(CCNc2ccc(C#N)cn2)c(C)n1-c1ccccc1. The van der Waals surface area contributed by atoms with Gasteiger partial charge in [0, 0.05) is 29.8 Å². The number of nitrogens with one attached hydrogen (secondary N) is 1. The highest BCUT2D eigenvalue weighted by Crippen LogP contribution is 2.21. The molecular formula is C20H20N4. The second kappa shape index (κ2) is 7.01. The smallest absolute Gasteiger partial charge is 0.125 e. The van der Waals surface area contributed by atoms with Crippen LogP contribution >= 0.6 is 0 Å². The second-order valence-electron chi connectivity index (χ2n) is 5.79. The number of hydrogen-bond donors (Lipinski definition) is 1. The van der Waals surface area contributed by atoms with Gasteiger partial charge >= 0.3 is 0 Å². The van der Waals surface area contributed by atoms with E-state index >= 15 is 0 Å². The molecule has 0 aliphatic rings. The first-order valence-corrected chi connectivity index (χ1v) is 8.02. The summed E-state index contributed by atoms with van der Waals surface area (Å²) in [5.74, 6) is 0.797. The van der Waals surface area contributed by atoms with Crippen molar-refractivity contribution in [2.75, 3.05) is 11.9 Å². The highest BCUT2D eigenvalue weighted by molar-refractivity contribution is 5.42. The van der Waals surface area contributed by atoms with Crippen LogP contribution in [0.15, 0.2) is 54.7 Å². The van der Waals surface area contributed by atoms with Gasteiger partial charge in [-0.3, -0.25) is 0 Å². The third-order valence-electron chi connectivity index (χ3n) is 4.14. The fraction of sp³-hybridized carbons (Fsp3) is 0.200. The van der Waals surface area contributed by atoms with Crippen LogP contribution in [0, 0.1) is 25.2 Å². The average molecular weight is 316 g/mol. The van der Waals surface area contributed by atoms with Crippen molar-refractivity contribution in [2.45, 2.75) is 20.3 Å². The molecule has 4 nitrogen and oxygen atoms in total. The summed E-state index contributed by atoms with van der Waals surface area (Å²) in [5, 5.41) is 12.1. The van der Waals surface area contributed by atoms with E-state index in [0.717, 1.165) is 18.8 Å². The summed E-state index contributed by atoms with van der Waals surface area (Å²) >= 11 is 0. The van der Waals surface area contributed by atoms with Crippen LogP contribution in [0.3, 0.4) is 0 Å². The molecule has 4 heteroatoms. The number of rotatable bonds is 5. The van der Waals surface area contributed by atoms with E-state index in [4.69, 9.17) is 5.26 Å². The molecule has 0 spiro atoms. The molecule has 0 radical (unpaired) electrons. The van der Waals surface area contributed by atoms with Gasteiger partial charge in [-0.05, 0) is 56.2 Å². The number of para-hydroxylation sites is 1. The van der Waals surface area contributed by atoms with E-state index in [0.29, 0.717) is 5.56 Å². The van der Waals surface area contributed by atoms with Crippen LogP contribution in [-0.4, -0.2) is 16.1 Å². The van der Waals surface area contributed by atoms with Gasteiger partial charge in [0.05, 0.1) is 5.56 Å². The summed E-state index contributed by atoms with van der Waals surface area (Å²) in [4.78, 5) is 4.23. The zero-order chi connectivity index (χ0) is 16.9. The van der Waals surface area contributed by atoms with Gasteiger partial charge in [0.1, 0.15) is 11.9 Å². The lowest BCUT2D eigenvalue weighted by atomic mass is 10.2. The largest absolute Gasteiger partial charge is 0.370 e. The first kappa shape index (κ1) is 15.8. The first-order valence-electron chi connectivity index (χ1n) is 8.02. The van der Waals surface area contributed by atoms with Crippen molar-refractivity contribution in [3.05, 3.63) is 77.2 Å². The maximum atomic E-state index is 8.79. The molecule has 0 aliphatic carbocycles. The molecule has 2 aromatic heterocycles. The Morgan fingerprint density at radius 2 is 1.92 bits per heavy atom. The average Bonchev–Trinajstić information content (AvgIpc) is 2.90. The van der Waals surface area contributed by atoms with Crippen LogP contribution in [-0.2, 0) is 6.42 Å². The molecular weight excluding hydrogens is 296 g/mol. The van der Waals surface area contributed by atoms with Crippen LogP contribution in [0.4, 0.5) is 5.82 Å². The maximum Gasteiger partial charge on any atom is 0.125 e. The van der Waals surface area contributed by atoms with Crippen LogP contribution in [0.2, 0.25) is 0 Å². The van der Waals surface area contributed by atoms with Crippen LogP contribution in [0.25, 0.3) is 5.69 Å². The van der Waals surface area contributed by atoms with E-state index in [-0.39, 0.29) is 0 Å². The zero-order valence-electron chi connectivity index (χ0n) is 14.0. The molecule has 0 aliphatic heterocycles. The Kier molecular flexibility index (Phi) is 4.62. The Hall–Kier alpha value is -3.06. The Labute approximate surface area is 142 Å². The monoisotopic (exact) mass is 316 g/mol. The molecule has 1 aromatic carbocycles. The summed E-state index contributed by atoms with van der Waals surface area (Å²) in [6.07, 6.45) is 2.51. The molecule has 0 atom stereocenters. The molecule has 120 valence electrons. The molecule has 0 amide bonds. The maximum absolute atomic E-state index is 8.79. The van der Waals surface area contributed by atoms with E-state index in [2.05, 4.69) is 65.1 Å². The van der Waals surface area contributed by atoms with Crippen molar-refractivity contribution < 1.29 is 0 Å². The fourth-order valence-corrected chi connectivity index (χ4v) is 2.95. The van der Waals surface area contributed by atoms with E-state index in [9.17, 15) is 0 Å². The molecule has 24 heavy (non-hydrogen) atoms. The third kappa shape index (κ3) is 3.31. The molecule has 2 heterocycles. The zero-order valence-corrected chi connectivity index (χ0v) is 14.0. The Morgan fingerprint density at radius 3 is 2.58 bits per heavy atom. The molecule has 3 aromatic rings. The number of pyridine rings is 1. The minimum Gasteiger partial charge on any atom is -0.370 e. The molecule has 1 N–H and O–H groups in total. The molecule has 0 fully saturated rings. The predicted molar refractivity (Wildman–Crippen MR) is 96.4 cm³/mol. The minimum absolute atomic E-state index is 0.576. The van der Waals surface area contributed by atoms with Crippen molar-refractivity contribution in [2.24, 2.45) is 0 Å². The molecule has 0 unspecified atom stereocenters. The van der Waals surface area contributed by atoms with Gasteiger partial charge in [-0.15, -0.1) is 0 Å². The summed E-state index contributed by atoms with van der Waals surface area (Å²) in [6, 6.07) is 18.3. The Bertz CT molecular complexity index is 855. The highest BCUT2D eigenvalue weighted by atomic mass is 15.0. The van der Waals surface area contributed by atoms with Crippen LogP contribution in [0.1, 0.15) is 22.5 Å². The van der Waals surface area contributed by atoms with Crippen molar-refractivity contribution in [1.29, 1.82) is 5.26 Å². The lowest BCUT2D eigenvalue weighted by Gasteiger charge is -2.10. The Morgan fingerprint density at radius 1 is 1.12 bits per heavy atom.